The molecule has 4 rings (SSSR count). The van der Waals surface area contributed by atoms with Crippen LogP contribution in [0.1, 0.15) is 28.8 Å². The first-order valence-electron chi connectivity index (χ1n) is 10.2. The van der Waals surface area contributed by atoms with Crippen molar-refractivity contribution in [2.75, 3.05) is 44.8 Å². The van der Waals surface area contributed by atoms with Gasteiger partial charge in [-0.25, -0.2) is 0 Å². The van der Waals surface area contributed by atoms with Gasteiger partial charge in [-0.1, -0.05) is 12.1 Å². The minimum atomic E-state index is -0.102. The Morgan fingerprint density at radius 2 is 1.75 bits per heavy atom. The molecular weight excluding hydrogens is 352 g/mol. The lowest BCUT2D eigenvalue weighted by molar-refractivity contribution is 0.0384. The third-order valence-electron chi connectivity index (χ3n) is 5.33. The summed E-state index contributed by atoms with van der Waals surface area (Å²) in [7, 11) is 0. The zero-order valence-electron chi connectivity index (χ0n) is 16.2. The van der Waals surface area contributed by atoms with Crippen LogP contribution in [-0.4, -0.2) is 50.3 Å². The molecule has 1 aliphatic heterocycles. The number of morpholine rings is 1. The molecule has 1 saturated heterocycles. The zero-order valence-corrected chi connectivity index (χ0v) is 16.2. The fourth-order valence-electron chi connectivity index (χ4n) is 3.27. The van der Waals surface area contributed by atoms with Crippen molar-refractivity contribution >= 4 is 11.6 Å². The third kappa shape index (κ3) is 5.57. The van der Waals surface area contributed by atoms with Crippen LogP contribution in [0.2, 0.25) is 0 Å². The number of hydrogen-bond acceptors (Lipinski definition) is 4. The molecule has 148 valence electrons. The van der Waals surface area contributed by atoms with E-state index < -0.39 is 0 Å². The molecule has 0 unspecified atom stereocenters. The van der Waals surface area contributed by atoms with Crippen LogP contribution in [0.3, 0.4) is 0 Å². The molecule has 5 nitrogen and oxygen atoms in total. The van der Waals surface area contributed by atoms with Crippen molar-refractivity contribution in [2.24, 2.45) is 5.92 Å². The SMILES string of the molecule is O=C(Nc1ccc(CCN2CCOCC2)cc1)c1ccc(OCC2CC2)cc1. The molecule has 0 aromatic heterocycles. The second-order valence-corrected chi connectivity index (χ2v) is 7.63. The second-order valence-electron chi connectivity index (χ2n) is 7.63. The summed E-state index contributed by atoms with van der Waals surface area (Å²) in [6.07, 6.45) is 3.55. The van der Waals surface area contributed by atoms with Crippen LogP contribution in [-0.2, 0) is 11.2 Å². The molecule has 1 saturated carbocycles. The number of hydrogen-bond donors (Lipinski definition) is 1. The maximum absolute atomic E-state index is 12.4. The molecule has 1 heterocycles. The van der Waals surface area contributed by atoms with Crippen molar-refractivity contribution in [3.8, 4) is 5.75 Å². The lowest BCUT2D eigenvalue weighted by Gasteiger charge is -2.26. The maximum atomic E-state index is 12.4. The fourth-order valence-corrected chi connectivity index (χ4v) is 3.27. The molecule has 1 aliphatic carbocycles. The van der Waals surface area contributed by atoms with Gasteiger partial charge >= 0.3 is 0 Å². The van der Waals surface area contributed by atoms with Crippen molar-refractivity contribution in [2.45, 2.75) is 19.3 Å². The summed E-state index contributed by atoms with van der Waals surface area (Å²) in [6, 6.07) is 15.5. The topological polar surface area (TPSA) is 50.8 Å². The third-order valence-corrected chi connectivity index (χ3v) is 5.33. The Morgan fingerprint density at radius 1 is 1.04 bits per heavy atom. The van der Waals surface area contributed by atoms with Crippen molar-refractivity contribution in [3.63, 3.8) is 0 Å². The largest absolute Gasteiger partial charge is 0.493 e. The first-order chi connectivity index (χ1) is 13.8. The van der Waals surface area contributed by atoms with Crippen molar-refractivity contribution in [1.29, 1.82) is 0 Å². The monoisotopic (exact) mass is 380 g/mol. The smallest absolute Gasteiger partial charge is 0.255 e. The molecule has 2 aliphatic rings. The summed E-state index contributed by atoms with van der Waals surface area (Å²) in [4.78, 5) is 14.9. The average molecular weight is 380 g/mol. The van der Waals surface area contributed by atoms with E-state index in [2.05, 4.69) is 22.3 Å². The molecule has 2 aromatic rings. The minimum Gasteiger partial charge on any atom is -0.493 e. The summed E-state index contributed by atoms with van der Waals surface area (Å²) in [5.74, 6) is 1.45. The molecule has 2 fully saturated rings. The molecule has 0 bridgehead atoms. The highest BCUT2D eigenvalue weighted by Gasteiger charge is 2.21. The van der Waals surface area contributed by atoms with E-state index in [0.29, 0.717) is 5.56 Å². The van der Waals surface area contributed by atoms with Gasteiger partial charge in [0.25, 0.3) is 5.91 Å². The predicted octanol–water partition coefficient (Wildman–Crippen LogP) is 3.60. The molecule has 0 atom stereocenters. The van der Waals surface area contributed by atoms with Gasteiger partial charge in [0.2, 0.25) is 0 Å². The maximum Gasteiger partial charge on any atom is 0.255 e. The Kier molecular flexibility index (Phi) is 6.24. The lowest BCUT2D eigenvalue weighted by atomic mass is 10.1. The Balaban J connectivity index is 1.25. The van der Waals surface area contributed by atoms with Crippen molar-refractivity contribution in [3.05, 3.63) is 59.7 Å². The number of carbonyl (C=O) groups is 1. The number of anilines is 1. The van der Waals surface area contributed by atoms with E-state index in [4.69, 9.17) is 9.47 Å². The van der Waals surface area contributed by atoms with E-state index >= 15 is 0 Å². The van der Waals surface area contributed by atoms with Crippen molar-refractivity contribution < 1.29 is 14.3 Å². The number of benzene rings is 2. The summed E-state index contributed by atoms with van der Waals surface area (Å²) < 4.78 is 11.1. The van der Waals surface area contributed by atoms with Gasteiger partial charge in [0.15, 0.2) is 0 Å². The average Bonchev–Trinajstić information content (AvgIpc) is 3.57. The van der Waals surface area contributed by atoms with E-state index in [1.54, 1.807) is 0 Å². The molecule has 0 spiro atoms. The minimum absolute atomic E-state index is 0.102. The number of rotatable bonds is 8. The van der Waals surface area contributed by atoms with Crippen LogP contribution < -0.4 is 10.1 Å². The molecule has 5 heteroatoms. The summed E-state index contributed by atoms with van der Waals surface area (Å²) in [5, 5.41) is 2.96. The number of nitrogens with one attached hydrogen (secondary N) is 1. The molecular formula is C23H28N2O3. The van der Waals surface area contributed by atoms with Gasteiger partial charge in [0.1, 0.15) is 5.75 Å². The highest BCUT2D eigenvalue weighted by molar-refractivity contribution is 6.04. The summed E-state index contributed by atoms with van der Waals surface area (Å²) >= 11 is 0. The number of ether oxygens (including phenoxy) is 2. The van der Waals surface area contributed by atoms with Gasteiger partial charge < -0.3 is 14.8 Å². The number of nitrogens with zero attached hydrogens (tertiary/aromatic N) is 1. The van der Waals surface area contributed by atoms with Crippen LogP contribution >= 0.6 is 0 Å². The van der Waals surface area contributed by atoms with Gasteiger partial charge in [-0.3, -0.25) is 9.69 Å². The zero-order chi connectivity index (χ0) is 19.2. The van der Waals surface area contributed by atoms with Gasteiger partial charge in [-0.05, 0) is 67.1 Å². The number of amides is 1. The highest BCUT2D eigenvalue weighted by atomic mass is 16.5. The quantitative estimate of drug-likeness (QED) is 0.760. The normalized spacial score (nSPS) is 17.3. The Morgan fingerprint density at radius 3 is 2.43 bits per heavy atom. The summed E-state index contributed by atoms with van der Waals surface area (Å²) in [5.41, 5.74) is 2.73. The highest BCUT2D eigenvalue weighted by Crippen LogP contribution is 2.29. The summed E-state index contributed by atoms with van der Waals surface area (Å²) in [6.45, 7) is 5.52. The second kappa shape index (κ2) is 9.22. The van der Waals surface area contributed by atoms with Gasteiger partial charge in [0, 0.05) is 30.9 Å². The Hall–Kier alpha value is -2.37. The standard InChI is InChI=1S/C23H28N2O3/c26-23(20-5-9-22(10-6-20)28-17-19-1-2-19)24-21-7-3-18(4-8-21)11-12-25-13-15-27-16-14-25/h3-10,19H,1-2,11-17H2,(H,24,26). The van der Waals surface area contributed by atoms with E-state index in [9.17, 15) is 4.79 Å². The number of carbonyl (C=O) groups excluding carboxylic acids is 1. The molecule has 2 aromatic carbocycles. The first-order valence-corrected chi connectivity index (χ1v) is 10.2. The Bertz CT molecular complexity index is 763. The predicted molar refractivity (Wildman–Crippen MR) is 110 cm³/mol. The van der Waals surface area contributed by atoms with E-state index in [1.807, 2.05) is 36.4 Å². The molecule has 28 heavy (non-hydrogen) atoms. The Labute approximate surface area is 166 Å². The van der Waals surface area contributed by atoms with Crippen LogP contribution in [0, 0.1) is 5.92 Å². The van der Waals surface area contributed by atoms with E-state index in [1.165, 1.54) is 18.4 Å². The van der Waals surface area contributed by atoms with E-state index in [0.717, 1.165) is 63.2 Å². The van der Waals surface area contributed by atoms with Crippen LogP contribution in [0.15, 0.2) is 48.5 Å². The van der Waals surface area contributed by atoms with Gasteiger partial charge in [-0.15, -0.1) is 0 Å². The van der Waals surface area contributed by atoms with E-state index in [-0.39, 0.29) is 5.91 Å². The van der Waals surface area contributed by atoms with Crippen LogP contribution in [0.25, 0.3) is 0 Å². The molecule has 1 N–H and O–H groups in total. The van der Waals surface area contributed by atoms with Crippen LogP contribution in [0.5, 0.6) is 5.75 Å². The molecule has 1 amide bonds. The van der Waals surface area contributed by atoms with Gasteiger partial charge in [0.05, 0.1) is 19.8 Å². The lowest BCUT2D eigenvalue weighted by Crippen LogP contribution is -2.37. The fraction of sp³-hybridized carbons (Fsp3) is 0.435. The van der Waals surface area contributed by atoms with Crippen LogP contribution in [0.4, 0.5) is 5.69 Å². The first kappa shape index (κ1) is 19.0. The van der Waals surface area contributed by atoms with Gasteiger partial charge in [-0.2, -0.15) is 0 Å². The molecule has 0 radical (unpaired) electrons. The van der Waals surface area contributed by atoms with Crippen molar-refractivity contribution in [1.82, 2.24) is 4.90 Å².